The molecule has 0 atom stereocenters. The SMILES string of the molecule is CN(C)C(=NCc1cccc(C(=O)NCc2ccco2)c1)NCc1ccccc1.I. The van der Waals surface area contributed by atoms with Crippen molar-refractivity contribution >= 4 is 35.8 Å². The molecule has 3 aromatic rings. The second-order valence-corrected chi connectivity index (χ2v) is 6.84. The molecule has 30 heavy (non-hydrogen) atoms. The van der Waals surface area contributed by atoms with Crippen molar-refractivity contribution in [2.24, 2.45) is 4.99 Å². The first-order valence-corrected chi connectivity index (χ1v) is 9.51. The highest BCUT2D eigenvalue weighted by molar-refractivity contribution is 14.0. The van der Waals surface area contributed by atoms with Gasteiger partial charge in [-0.25, -0.2) is 4.99 Å². The summed E-state index contributed by atoms with van der Waals surface area (Å²) < 4.78 is 5.24. The van der Waals surface area contributed by atoms with Crippen LogP contribution in [0.3, 0.4) is 0 Å². The first-order valence-electron chi connectivity index (χ1n) is 9.51. The fourth-order valence-corrected chi connectivity index (χ4v) is 2.79. The van der Waals surface area contributed by atoms with Crippen LogP contribution in [0.1, 0.15) is 27.2 Å². The van der Waals surface area contributed by atoms with Crippen molar-refractivity contribution in [3.8, 4) is 0 Å². The zero-order chi connectivity index (χ0) is 20.5. The highest BCUT2D eigenvalue weighted by Gasteiger charge is 2.08. The number of rotatable bonds is 7. The van der Waals surface area contributed by atoms with Crippen LogP contribution in [0.4, 0.5) is 0 Å². The smallest absolute Gasteiger partial charge is 0.251 e. The molecule has 2 N–H and O–H groups in total. The van der Waals surface area contributed by atoms with E-state index < -0.39 is 0 Å². The Morgan fingerprint density at radius 2 is 1.70 bits per heavy atom. The van der Waals surface area contributed by atoms with Gasteiger partial charge in [0.15, 0.2) is 5.96 Å². The number of guanidine groups is 1. The Morgan fingerprint density at radius 3 is 2.40 bits per heavy atom. The van der Waals surface area contributed by atoms with Crippen molar-refractivity contribution in [2.75, 3.05) is 14.1 Å². The summed E-state index contributed by atoms with van der Waals surface area (Å²) in [5.41, 5.74) is 2.77. The monoisotopic (exact) mass is 518 g/mol. The number of nitrogens with one attached hydrogen (secondary N) is 2. The summed E-state index contributed by atoms with van der Waals surface area (Å²) in [6, 6.07) is 21.3. The number of aliphatic imine (C=N–C) groups is 1. The number of hydrogen-bond acceptors (Lipinski definition) is 3. The van der Waals surface area contributed by atoms with Crippen LogP contribution in [0.5, 0.6) is 0 Å². The first-order chi connectivity index (χ1) is 14.1. The molecule has 0 aliphatic carbocycles. The third kappa shape index (κ3) is 7.22. The molecule has 1 aromatic heterocycles. The van der Waals surface area contributed by atoms with E-state index in [4.69, 9.17) is 4.42 Å². The average Bonchev–Trinajstić information content (AvgIpc) is 3.26. The van der Waals surface area contributed by atoms with Gasteiger partial charge in [-0.05, 0) is 35.4 Å². The first kappa shape index (κ1) is 23.5. The number of amides is 1. The van der Waals surface area contributed by atoms with Crippen LogP contribution >= 0.6 is 24.0 Å². The summed E-state index contributed by atoms with van der Waals surface area (Å²) in [6.07, 6.45) is 1.59. The number of hydrogen-bond donors (Lipinski definition) is 2. The summed E-state index contributed by atoms with van der Waals surface area (Å²) in [6.45, 7) is 1.55. The predicted octanol–water partition coefficient (Wildman–Crippen LogP) is 4.04. The van der Waals surface area contributed by atoms with Crippen LogP contribution in [-0.4, -0.2) is 30.9 Å². The van der Waals surface area contributed by atoms with Gasteiger partial charge in [-0.1, -0.05) is 42.5 Å². The molecule has 0 aliphatic heterocycles. The fraction of sp³-hybridized carbons (Fsp3) is 0.217. The van der Waals surface area contributed by atoms with Crippen LogP contribution in [0.25, 0.3) is 0 Å². The van der Waals surface area contributed by atoms with Crippen molar-refractivity contribution in [2.45, 2.75) is 19.6 Å². The Morgan fingerprint density at radius 1 is 0.933 bits per heavy atom. The lowest BCUT2D eigenvalue weighted by atomic mass is 10.1. The van der Waals surface area contributed by atoms with E-state index in [1.807, 2.05) is 61.5 Å². The van der Waals surface area contributed by atoms with E-state index in [0.717, 1.165) is 17.3 Å². The zero-order valence-corrected chi connectivity index (χ0v) is 19.5. The summed E-state index contributed by atoms with van der Waals surface area (Å²) in [4.78, 5) is 19.0. The molecule has 0 spiro atoms. The van der Waals surface area contributed by atoms with Crippen LogP contribution in [0.2, 0.25) is 0 Å². The summed E-state index contributed by atoms with van der Waals surface area (Å²) in [5, 5.41) is 6.23. The molecule has 0 bridgehead atoms. The van der Waals surface area contributed by atoms with E-state index >= 15 is 0 Å². The molecule has 0 aliphatic rings. The summed E-state index contributed by atoms with van der Waals surface area (Å²) in [5.74, 6) is 1.38. The van der Waals surface area contributed by atoms with Gasteiger partial charge in [0.05, 0.1) is 19.4 Å². The third-order valence-corrected chi connectivity index (χ3v) is 4.32. The Kier molecular flexibility index (Phi) is 9.40. The molecule has 3 rings (SSSR count). The van der Waals surface area contributed by atoms with Gasteiger partial charge in [0.2, 0.25) is 0 Å². The van der Waals surface area contributed by atoms with Gasteiger partial charge < -0.3 is 20.0 Å². The molecule has 0 radical (unpaired) electrons. The number of furan rings is 1. The number of carbonyl (C=O) groups excluding carboxylic acids is 1. The lowest BCUT2D eigenvalue weighted by Crippen LogP contribution is -2.36. The molecule has 1 heterocycles. The molecular formula is C23H27IN4O2. The minimum absolute atomic E-state index is 0. The minimum atomic E-state index is -0.137. The second-order valence-electron chi connectivity index (χ2n) is 6.84. The molecule has 7 heteroatoms. The molecule has 6 nitrogen and oxygen atoms in total. The quantitative estimate of drug-likeness (QED) is 0.282. The van der Waals surface area contributed by atoms with Crippen LogP contribution in [0, 0.1) is 0 Å². The number of benzene rings is 2. The largest absolute Gasteiger partial charge is 0.467 e. The average molecular weight is 518 g/mol. The zero-order valence-electron chi connectivity index (χ0n) is 17.2. The Hall–Kier alpha value is -2.81. The minimum Gasteiger partial charge on any atom is -0.467 e. The van der Waals surface area contributed by atoms with Gasteiger partial charge in [0, 0.05) is 26.2 Å². The highest BCUT2D eigenvalue weighted by atomic mass is 127. The maximum atomic E-state index is 12.4. The molecule has 0 saturated carbocycles. The van der Waals surface area contributed by atoms with Gasteiger partial charge in [0.1, 0.15) is 5.76 Å². The van der Waals surface area contributed by atoms with Crippen LogP contribution < -0.4 is 10.6 Å². The molecule has 0 unspecified atom stereocenters. The molecule has 1 amide bonds. The lowest BCUT2D eigenvalue weighted by molar-refractivity contribution is 0.0948. The van der Waals surface area contributed by atoms with Crippen LogP contribution in [-0.2, 0) is 19.6 Å². The Labute approximate surface area is 194 Å². The van der Waals surface area contributed by atoms with Gasteiger partial charge in [-0.2, -0.15) is 0 Å². The van der Waals surface area contributed by atoms with Crippen molar-refractivity contribution in [3.05, 3.63) is 95.4 Å². The summed E-state index contributed by atoms with van der Waals surface area (Å²) in [7, 11) is 3.91. The van der Waals surface area contributed by atoms with E-state index in [0.29, 0.717) is 25.2 Å². The number of nitrogens with zero attached hydrogens (tertiary/aromatic N) is 2. The molecule has 158 valence electrons. The lowest BCUT2D eigenvalue weighted by Gasteiger charge is -2.18. The molecule has 2 aromatic carbocycles. The Balaban J connectivity index is 0.00000320. The van der Waals surface area contributed by atoms with Crippen molar-refractivity contribution < 1.29 is 9.21 Å². The van der Waals surface area contributed by atoms with E-state index in [1.54, 1.807) is 18.4 Å². The second kappa shape index (κ2) is 12.0. The fourth-order valence-electron chi connectivity index (χ4n) is 2.79. The van der Waals surface area contributed by atoms with E-state index in [-0.39, 0.29) is 29.9 Å². The van der Waals surface area contributed by atoms with E-state index in [2.05, 4.69) is 27.8 Å². The molecule has 0 fully saturated rings. The Bertz CT molecular complexity index is 941. The standard InChI is InChI=1S/C23H26N4O2.HI/c1-27(2)23(25-15-18-8-4-3-5-9-18)26-16-19-10-6-11-20(14-19)22(28)24-17-21-12-7-13-29-21;/h3-14H,15-17H2,1-2H3,(H,24,28)(H,25,26);1H. The maximum Gasteiger partial charge on any atom is 0.251 e. The predicted molar refractivity (Wildman–Crippen MR) is 130 cm³/mol. The van der Waals surface area contributed by atoms with Crippen molar-refractivity contribution in [1.82, 2.24) is 15.5 Å². The van der Waals surface area contributed by atoms with E-state index in [1.165, 1.54) is 5.56 Å². The van der Waals surface area contributed by atoms with Gasteiger partial charge >= 0.3 is 0 Å². The van der Waals surface area contributed by atoms with E-state index in [9.17, 15) is 4.79 Å². The molecule has 0 saturated heterocycles. The number of carbonyl (C=O) groups is 1. The van der Waals surface area contributed by atoms with Crippen LogP contribution in [0.15, 0.2) is 82.4 Å². The van der Waals surface area contributed by atoms with Crippen molar-refractivity contribution in [3.63, 3.8) is 0 Å². The maximum absolute atomic E-state index is 12.4. The van der Waals surface area contributed by atoms with Crippen molar-refractivity contribution in [1.29, 1.82) is 0 Å². The van der Waals surface area contributed by atoms with Gasteiger partial charge in [0.25, 0.3) is 5.91 Å². The number of halogens is 1. The van der Waals surface area contributed by atoms with Gasteiger partial charge in [-0.15, -0.1) is 24.0 Å². The topological polar surface area (TPSA) is 69.9 Å². The molecular weight excluding hydrogens is 491 g/mol. The normalized spacial score (nSPS) is 10.8. The highest BCUT2D eigenvalue weighted by Crippen LogP contribution is 2.08. The summed E-state index contributed by atoms with van der Waals surface area (Å²) >= 11 is 0. The third-order valence-electron chi connectivity index (χ3n) is 4.32. The van der Waals surface area contributed by atoms with Gasteiger partial charge in [-0.3, -0.25) is 4.79 Å².